The molecule has 3 unspecified atom stereocenters. The molecule has 1 amide bonds. The van der Waals surface area contributed by atoms with Crippen molar-refractivity contribution in [3.05, 3.63) is 0 Å². The Bertz CT molecular complexity index is 354. The van der Waals surface area contributed by atoms with Crippen LogP contribution < -0.4 is 5.32 Å². The third-order valence-electron chi connectivity index (χ3n) is 4.29. The summed E-state index contributed by atoms with van der Waals surface area (Å²) in [5, 5.41) is 13.3. The summed E-state index contributed by atoms with van der Waals surface area (Å²) in [5.41, 5.74) is -0.430. The minimum Gasteiger partial charge on any atom is -0.444 e. The molecule has 0 aromatic rings. The second-order valence-electron chi connectivity index (χ2n) is 7.51. The largest absolute Gasteiger partial charge is 0.444 e. The van der Waals surface area contributed by atoms with E-state index in [1.807, 2.05) is 20.8 Å². The molecule has 2 N–H and O–H groups in total. The van der Waals surface area contributed by atoms with E-state index in [9.17, 15) is 9.90 Å². The van der Waals surface area contributed by atoms with E-state index < -0.39 is 5.60 Å². The van der Waals surface area contributed by atoms with Gasteiger partial charge >= 0.3 is 6.09 Å². The molecule has 1 saturated heterocycles. The first-order valence-electron chi connectivity index (χ1n) is 8.23. The van der Waals surface area contributed by atoms with Crippen molar-refractivity contribution >= 4 is 6.09 Å². The molecule has 0 radical (unpaired) electrons. The molecule has 0 aromatic heterocycles. The molecule has 21 heavy (non-hydrogen) atoms. The van der Waals surface area contributed by atoms with Crippen molar-refractivity contribution in [3.63, 3.8) is 0 Å². The first-order chi connectivity index (χ1) is 9.83. The van der Waals surface area contributed by atoms with Crippen LogP contribution in [0.25, 0.3) is 0 Å². The molecule has 0 aromatic carbocycles. The van der Waals surface area contributed by atoms with Crippen molar-refractivity contribution in [2.45, 2.75) is 70.6 Å². The Labute approximate surface area is 128 Å². The molecule has 1 saturated carbocycles. The zero-order valence-electron chi connectivity index (χ0n) is 13.6. The second-order valence-corrected chi connectivity index (χ2v) is 7.51. The molecule has 3 atom stereocenters. The molecular weight excluding hydrogens is 268 g/mol. The van der Waals surface area contributed by atoms with Crippen LogP contribution in [0.2, 0.25) is 0 Å². The molecular formula is C16H30N2O3. The van der Waals surface area contributed by atoms with Crippen LogP contribution in [0.5, 0.6) is 0 Å². The molecule has 1 heterocycles. The summed E-state index contributed by atoms with van der Waals surface area (Å²) in [5.74, 6) is 0.573. The Morgan fingerprint density at radius 2 is 2.10 bits per heavy atom. The lowest BCUT2D eigenvalue weighted by Gasteiger charge is -2.27. The van der Waals surface area contributed by atoms with E-state index in [-0.39, 0.29) is 12.2 Å². The number of amides is 1. The first kappa shape index (κ1) is 16.6. The van der Waals surface area contributed by atoms with Gasteiger partial charge in [0.1, 0.15) is 5.60 Å². The Morgan fingerprint density at radius 1 is 1.33 bits per heavy atom. The van der Waals surface area contributed by atoms with E-state index in [2.05, 4.69) is 5.32 Å². The van der Waals surface area contributed by atoms with Crippen LogP contribution in [-0.4, -0.2) is 53.5 Å². The predicted octanol–water partition coefficient (Wildman–Crippen LogP) is 2.14. The van der Waals surface area contributed by atoms with Gasteiger partial charge in [-0.2, -0.15) is 0 Å². The monoisotopic (exact) mass is 298 g/mol. The van der Waals surface area contributed by atoms with Crippen LogP contribution >= 0.6 is 0 Å². The Hall–Kier alpha value is -0.810. The van der Waals surface area contributed by atoms with Crippen LogP contribution in [0.15, 0.2) is 0 Å². The fourth-order valence-electron chi connectivity index (χ4n) is 3.20. The summed E-state index contributed by atoms with van der Waals surface area (Å²) in [6.45, 7) is 8.12. The lowest BCUT2D eigenvalue weighted by molar-refractivity contribution is 0.0290. The summed E-state index contributed by atoms with van der Waals surface area (Å²) in [4.78, 5) is 13.8. The van der Waals surface area contributed by atoms with Gasteiger partial charge < -0.3 is 20.1 Å². The smallest absolute Gasteiger partial charge is 0.410 e. The number of nitrogens with zero attached hydrogens (tertiary/aromatic N) is 1. The molecule has 5 nitrogen and oxygen atoms in total. The number of hydrogen-bond acceptors (Lipinski definition) is 4. The first-order valence-corrected chi connectivity index (χ1v) is 8.23. The highest BCUT2D eigenvalue weighted by molar-refractivity contribution is 5.68. The SMILES string of the molecule is CC(C)(C)OC(=O)N1CCC(NCC2CCCC(O)C2)C1. The van der Waals surface area contributed by atoms with Crippen LogP contribution in [0, 0.1) is 5.92 Å². The Morgan fingerprint density at radius 3 is 2.76 bits per heavy atom. The third kappa shape index (κ3) is 5.47. The molecule has 1 aliphatic heterocycles. The highest BCUT2D eigenvalue weighted by atomic mass is 16.6. The second kappa shape index (κ2) is 6.97. The van der Waals surface area contributed by atoms with E-state index in [0.29, 0.717) is 12.0 Å². The lowest BCUT2D eigenvalue weighted by Crippen LogP contribution is -2.40. The van der Waals surface area contributed by atoms with Gasteiger partial charge in [0, 0.05) is 19.1 Å². The number of nitrogens with one attached hydrogen (secondary N) is 1. The average Bonchev–Trinajstić information content (AvgIpc) is 2.83. The zero-order valence-corrected chi connectivity index (χ0v) is 13.6. The maximum Gasteiger partial charge on any atom is 0.410 e. The quantitative estimate of drug-likeness (QED) is 0.838. The number of rotatable bonds is 3. The van der Waals surface area contributed by atoms with Gasteiger partial charge in [-0.3, -0.25) is 0 Å². The van der Waals surface area contributed by atoms with E-state index in [0.717, 1.165) is 45.3 Å². The molecule has 2 aliphatic rings. The summed E-state index contributed by atoms with van der Waals surface area (Å²) < 4.78 is 5.40. The Balaban J connectivity index is 1.69. The number of carbonyl (C=O) groups is 1. The number of aliphatic hydroxyl groups is 1. The van der Waals surface area contributed by atoms with E-state index in [1.54, 1.807) is 4.90 Å². The number of carbonyl (C=O) groups excluding carboxylic acids is 1. The van der Waals surface area contributed by atoms with Crippen LogP contribution in [-0.2, 0) is 4.74 Å². The topological polar surface area (TPSA) is 61.8 Å². The maximum absolute atomic E-state index is 12.0. The predicted molar refractivity (Wildman–Crippen MR) is 82.2 cm³/mol. The van der Waals surface area contributed by atoms with Crippen molar-refractivity contribution in [3.8, 4) is 0 Å². The van der Waals surface area contributed by atoms with Gasteiger partial charge in [-0.1, -0.05) is 6.42 Å². The lowest BCUT2D eigenvalue weighted by atomic mass is 9.87. The summed E-state index contributed by atoms with van der Waals surface area (Å²) in [6.07, 6.45) is 4.85. The van der Waals surface area contributed by atoms with Gasteiger partial charge in [0.2, 0.25) is 0 Å². The van der Waals surface area contributed by atoms with E-state index >= 15 is 0 Å². The molecule has 2 fully saturated rings. The van der Waals surface area contributed by atoms with Crippen molar-refractivity contribution < 1.29 is 14.6 Å². The van der Waals surface area contributed by atoms with Crippen molar-refractivity contribution in [1.29, 1.82) is 0 Å². The molecule has 122 valence electrons. The summed E-state index contributed by atoms with van der Waals surface area (Å²) in [6, 6.07) is 0.358. The number of hydrogen-bond donors (Lipinski definition) is 2. The standard InChI is InChI=1S/C16H30N2O3/c1-16(2,3)21-15(20)18-8-7-13(11-18)17-10-12-5-4-6-14(19)9-12/h12-14,17,19H,4-11H2,1-3H3. The van der Waals surface area contributed by atoms with Gasteiger partial charge in [0.15, 0.2) is 0 Å². The summed E-state index contributed by atoms with van der Waals surface area (Å²) >= 11 is 0. The fourth-order valence-corrected chi connectivity index (χ4v) is 3.20. The van der Waals surface area contributed by atoms with Gasteiger partial charge in [0.25, 0.3) is 0 Å². The number of aliphatic hydroxyl groups excluding tert-OH is 1. The zero-order chi connectivity index (χ0) is 15.5. The van der Waals surface area contributed by atoms with E-state index in [4.69, 9.17) is 4.74 Å². The van der Waals surface area contributed by atoms with Gasteiger partial charge in [-0.05, 0) is 58.9 Å². The minimum absolute atomic E-state index is 0.118. The van der Waals surface area contributed by atoms with Crippen LogP contribution in [0.4, 0.5) is 4.79 Å². The average molecular weight is 298 g/mol. The van der Waals surface area contributed by atoms with Gasteiger partial charge in [-0.15, -0.1) is 0 Å². The molecule has 5 heteroatoms. The van der Waals surface area contributed by atoms with E-state index in [1.165, 1.54) is 6.42 Å². The Kier molecular flexibility index (Phi) is 5.49. The van der Waals surface area contributed by atoms with Crippen molar-refractivity contribution in [1.82, 2.24) is 10.2 Å². The highest BCUT2D eigenvalue weighted by Gasteiger charge is 2.30. The highest BCUT2D eigenvalue weighted by Crippen LogP contribution is 2.24. The normalized spacial score (nSPS) is 30.5. The molecule has 0 spiro atoms. The molecule has 2 rings (SSSR count). The van der Waals surface area contributed by atoms with Gasteiger partial charge in [-0.25, -0.2) is 4.79 Å². The fraction of sp³-hybridized carbons (Fsp3) is 0.938. The van der Waals surface area contributed by atoms with Crippen LogP contribution in [0.1, 0.15) is 52.9 Å². The maximum atomic E-state index is 12.0. The number of ether oxygens (including phenoxy) is 1. The van der Waals surface area contributed by atoms with Crippen molar-refractivity contribution in [2.24, 2.45) is 5.92 Å². The third-order valence-corrected chi connectivity index (χ3v) is 4.29. The van der Waals surface area contributed by atoms with Crippen molar-refractivity contribution in [2.75, 3.05) is 19.6 Å². The van der Waals surface area contributed by atoms with Crippen LogP contribution in [0.3, 0.4) is 0 Å². The van der Waals surface area contributed by atoms with Gasteiger partial charge in [0.05, 0.1) is 6.10 Å². The summed E-state index contributed by atoms with van der Waals surface area (Å²) in [7, 11) is 0. The molecule has 1 aliphatic carbocycles. The molecule has 0 bridgehead atoms. The number of likely N-dealkylation sites (tertiary alicyclic amines) is 1. The minimum atomic E-state index is -0.430.